The summed E-state index contributed by atoms with van der Waals surface area (Å²) in [4.78, 5) is 12.5. The van der Waals surface area contributed by atoms with Gasteiger partial charge in [-0.3, -0.25) is 4.79 Å². The number of allylic oxidation sites excluding steroid dienone is 1. The molecule has 0 fully saturated rings. The third-order valence-corrected chi connectivity index (χ3v) is 5.83. The molecule has 3 aromatic rings. The fraction of sp³-hybridized carbons (Fsp3) is 0.292. The molecule has 0 saturated heterocycles. The van der Waals surface area contributed by atoms with Crippen molar-refractivity contribution in [3.05, 3.63) is 63.6 Å². The highest BCUT2D eigenvalue weighted by Gasteiger charge is 2.23. The minimum Gasteiger partial charge on any atom is -0.496 e. The summed E-state index contributed by atoms with van der Waals surface area (Å²) < 4.78 is 25.8. The van der Waals surface area contributed by atoms with E-state index in [9.17, 15) is 9.18 Å². The third-order valence-electron chi connectivity index (χ3n) is 5.59. The van der Waals surface area contributed by atoms with Crippen molar-refractivity contribution in [1.82, 2.24) is 0 Å². The van der Waals surface area contributed by atoms with Crippen LogP contribution in [0.1, 0.15) is 42.2 Å². The van der Waals surface area contributed by atoms with Gasteiger partial charge in [0, 0.05) is 39.6 Å². The molecule has 0 saturated carbocycles. The zero-order valence-electron chi connectivity index (χ0n) is 17.2. The minimum atomic E-state index is -0.582. The maximum atomic E-state index is 14.0. The zero-order chi connectivity index (χ0) is 21.4. The van der Waals surface area contributed by atoms with E-state index < -0.39 is 11.7 Å². The molecule has 6 heteroatoms. The van der Waals surface area contributed by atoms with E-state index in [1.807, 2.05) is 19.9 Å². The largest absolute Gasteiger partial charge is 0.496 e. The lowest BCUT2D eigenvalue weighted by Gasteiger charge is -2.14. The molecule has 1 N–H and O–H groups in total. The van der Waals surface area contributed by atoms with Crippen LogP contribution < -0.4 is 10.1 Å². The van der Waals surface area contributed by atoms with Crippen molar-refractivity contribution < 1.29 is 18.3 Å². The van der Waals surface area contributed by atoms with Crippen LogP contribution >= 0.6 is 11.6 Å². The van der Waals surface area contributed by atoms with Gasteiger partial charge in [0.1, 0.15) is 22.9 Å². The fourth-order valence-electron chi connectivity index (χ4n) is 4.13. The van der Waals surface area contributed by atoms with E-state index in [0.29, 0.717) is 5.75 Å². The first-order valence-electron chi connectivity index (χ1n) is 9.95. The summed E-state index contributed by atoms with van der Waals surface area (Å²) >= 11 is 5.77. The summed E-state index contributed by atoms with van der Waals surface area (Å²) in [6.07, 6.45) is 5.67. The lowest BCUT2D eigenvalue weighted by Crippen LogP contribution is -2.10. The van der Waals surface area contributed by atoms with Gasteiger partial charge in [-0.1, -0.05) is 11.6 Å². The Morgan fingerprint density at radius 2 is 2.03 bits per heavy atom. The van der Waals surface area contributed by atoms with Crippen LogP contribution in [0.15, 0.2) is 34.8 Å². The Labute approximate surface area is 179 Å². The van der Waals surface area contributed by atoms with Crippen molar-refractivity contribution in [3.63, 3.8) is 0 Å². The van der Waals surface area contributed by atoms with Crippen molar-refractivity contribution in [2.24, 2.45) is 0 Å². The van der Waals surface area contributed by atoms with Gasteiger partial charge in [0.05, 0.1) is 12.8 Å². The Kier molecular flexibility index (Phi) is 5.56. The number of fused-ring (bicyclic) bond motifs is 3. The monoisotopic (exact) mass is 427 g/mol. The summed E-state index contributed by atoms with van der Waals surface area (Å²) in [6.45, 7) is 3.81. The predicted molar refractivity (Wildman–Crippen MR) is 118 cm³/mol. The highest BCUT2D eigenvalue weighted by molar-refractivity contribution is 6.30. The van der Waals surface area contributed by atoms with Gasteiger partial charge in [0.15, 0.2) is 0 Å². The van der Waals surface area contributed by atoms with Crippen molar-refractivity contribution in [3.8, 4) is 5.75 Å². The summed E-state index contributed by atoms with van der Waals surface area (Å²) in [7, 11) is 1.61. The molecular formula is C24H23ClFNO3. The number of furan rings is 1. The molecule has 1 aromatic heterocycles. The first kappa shape index (κ1) is 20.5. The Morgan fingerprint density at radius 3 is 2.77 bits per heavy atom. The molecule has 30 heavy (non-hydrogen) atoms. The van der Waals surface area contributed by atoms with Gasteiger partial charge < -0.3 is 14.5 Å². The summed E-state index contributed by atoms with van der Waals surface area (Å²) in [5.74, 6) is 0.716. The smallest absolute Gasteiger partial charge is 0.248 e. The fourth-order valence-corrected chi connectivity index (χ4v) is 4.29. The molecule has 0 aliphatic heterocycles. The summed E-state index contributed by atoms with van der Waals surface area (Å²) in [6, 6.07) is 6.17. The van der Waals surface area contributed by atoms with Gasteiger partial charge in [0.2, 0.25) is 5.91 Å². The van der Waals surface area contributed by atoms with E-state index in [-0.39, 0.29) is 10.7 Å². The molecule has 0 atom stereocenters. The second-order valence-corrected chi connectivity index (χ2v) is 8.05. The molecule has 0 bridgehead atoms. The van der Waals surface area contributed by atoms with Crippen molar-refractivity contribution >= 4 is 39.7 Å². The molecule has 0 radical (unpaired) electrons. The van der Waals surface area contributed by atoms with E-state index in [1.165, 1.54) is 23.8 Å². The molecule has 4 rings (SSSR count). The lowest BCUT2D eigenvalue weighted by molar-refractivity contribution is -0.111. The molecule has 156 valence electrons. The highest BCUT2D eigenvalue weighted by Crippen LogP contribution is 2.41. The molecular weight excluding hydrogens is 405 g/mol. The first-order chi connectivity index (χ1) is 14.4. The van der Waals surface area contributed by atoms with Gasteiger partial charge >= 0.3 is 0 Å². The number of carbonyl (C=O) groups excluding carboxylic acids is 1. The summed E-state index contributed by atoms with van der Waals surface area (Å²) in [5, 5.41) is 3.91. The average Bonchev–Trinajstić information content (AvgIpc) is 3.09. The molecule has 2 aromatic carbocycles. The Balaban J connectivity index is 1.72. The number of halogens is 2. The molecule has 4 nitrogen and oxygen atoms in total. The van der Waals surface area contributed by atoms with Crippen LogP contribution in [0.4, 0.5) is 10.1 Å². The first-order valence-corrected chi connectivity index (χ1v) is 10.3. The quantitative estimate of drug-likeness (QED) is 0.486. The van der Waals surface area contributed by atoms with Crippen molar-refractivity contribution in [2.75, 3.05) is 12.4 Å². The van der Waals surface area contributed by atoms with Crippen molar-refractivity contribution in [2.45, 2.75) is 39.5 Å². The number of hydrogen-bond acceptors (Lipinski definition) is 3. The number of rotatable bonds is 4. The molecule has 1 heterocycles. The number of carbonyl (C=O) groups is 1. The zero-order valence-corrected chi connectivity index (χ0v) is 18.0. The number of methoxy groups -OCH3 is 1. The van der Waals surface area contributed by atoms with Crippen LogP contribution in [0.25, 0.3) is 16.5 Å². The van der Waals surface area contributed by atoms with Gasteiger partial charge in [-0.15, -0.1) is 0 Å². The van der Waals surface area contributed by atoms with E-state index in [0.717, 1.165) is 65.2 Å². The van der Waals surface area contributed by atoms with E-state index >= 15 is 0 Å². The SMILES string of the molecule is COc1c(/C(C)=C/C(=O)Nc2ccc(Cl)cc2F)cc2c3c(oc2c1C)CCCC3. The number of amides is 1. The molecule has 0 unspecified atom stereocenters. The Hall–Kier alpha value is -2.79. The lowest BCUT2D eigenvalue weighted by atomic mass is 9.93. The van der Waals surface area contributed by atoms with Crippen LogP contribution in [-0.4, -0.2) is 13.0 Å². The van der Waals surface area contributed by atoms with Crippen LogP contribution in [-0.2, 0) is 17.6 Å². The standard InChI is InChI=1S/C24H23ClFNO3/c1-13(10-22(28)27-20-9-8-15(25)11-19(20)26)17-12-18-16-6-4-5-7-21(16)30-24(18)14(2)23(17)29-3/h8-12H,4-7H2,1-3H3,(H,27,28)/b13-10+. The topological polar surface area (TPSA) is 51.5 Å². The predicted octanol–water partition coefficient (Wildman–Crippen LogP) is 6.46. The third kappa shape index (κ3) is 3.70. The van der Waals surface area contributed by atoms with E-state index in [4.69, 9.17) is 20.8 Å². The highest BCUT2D eigenvalue weighted by atomic mass is 35.5. The van der Waals surface area contributed by atoms with Crippen molar-refractivity contribution in [1.29, 1.82) is 0 Å². The van der Waals surface area contributed by atoms with Crippen LogP contribution in [0.3, 0.4) is 0 Å². The van der Waals surface area contributed by atoms with Crippen LogP contribution in [0, 0.1) is 12.7 Å². The van der Waals surface area contributed by atoms with Crippen LogP contribution in [0.2, 0.25) is 5.02 Å². The number of ether oxygens (including phenoxy) is 1. The minimum absolute atomic E-state index is 0.0796. The molecule has 1 aliphatic rings. The van der Waals surface area contributed by atoms with Gasteiger partial charge in [0.25, 0.3) is 0 Å². The summed E-state index contributed by atoms with van der Waals surface area (Å²) in [5.41, 5.74) is 4.64. The molecule has 1 aliphatic carbocycles. The maximum absolute atomic E-state index is 14.0. The average molecular weight is 428 g/mol. The number of nitrogens with one attached hydrogen (secondary N) is 1. The Morgan fingerprint density at radius 1 is 1.27 bits per heavy atom. The number of hydrogen-bond donors (Lipinski definition) is 1. The number of benzene rings is 2. The van der Waals surface area contributed by atoms with Crippen LogP contribution in [0.5, 0.6) is 5.75 Å². The van der Waals surface area contributed by atoms with Gasteiger partial charge in [-0.05, 0) is 62.9 Å². The number of aryl methyl sites for hydroxylation is 3. The molecule has 1 amide bonds. The van der Waals surface area contributed by atoms with Gasteiger partial charge in [-0.25, -0.2) is 4.39 Å². The van der Waals surface area contributed by atoms with E-state index in [1.54, 1.807) is 7.11 Å². The second-order valence-electron chi connectivity index (χ2n) is 7.61. The van der Waals surface area contributed by atoms with E-state index in [2.05, 4.69) is 5.32 Å². The molecule has 0 spiro atoms. The number of anilines is 1. The normalized spacial score (nSPS) is 14.0. The van der Waals surface area contributed by atoms with Gasteiger partial charge in [-0.2, -0.15) is 0 Å². The second kappa shape index (κ2) is 8.15. The maximum Gasteiger partial charge on any atom is 0.248 e. The Bertz CT molecular complexity index is 1180.